The molecule has 29 heavy (non-hydrogen) atoms. The highest BCUT2D eigenvalue weighted by Crippen LogP contribution is 2.47. The van der Waals surface area contributed by atoms with Crippen LogP contribution in [0.4, 0.5) is 10.5 Å². The second kappa shape index (κ2) is 8.61. The van der Waals surface area contributed by atoms with Crippen LogP contribution in [0.25, 0.3) is 0 Å². The van der Waals surface area contributed by atoms with Crippen molar-refractivity contribution >= 4 is 35.3 Å². The zero-order chi connectivity index (χ0) is 21.3. The van der Waals surface area contributed by atoms with Gasteiger partial charge in [0.05, 0.1) is 17.0 Å². The Balaban J connectivity index is 1.93. The monoisotopic (exact) mass is 415 g/mol. The van der Waals surface area contributed by atoms with Gasteiger partial charge in [0.2, 0.25) is 11.8 Å². The molecule has 0 saturated carbocycles. The third kappa shape index (κ3) is 4.06. The second-order valence-electron chi connectivity index (χ2n) is 7.78. The van der Waals surface area contributed by atoms with Crippen molar-refractivity contribution in [1.29, 1.82) is 0 Å². The molecular weight excluding hydrogens is 386 g/mol. The molecule has 3 rings (SSSR count). The first-order valence-corrected chi connectivity index (χ1v) is 11.0. The van der Waals surface area contributed by atoms with E-state index in [1.807, 2.05) is 39.8 Å². The van der Waals surface area contributed by atoms with E-state index < -0.39 is 11.9 Å². The van der Waals surface area contributed by atoms with Crippen molar-refractivity contribution in [3.8, 4) is 0 Å². The molecule has 0 bridgehead atoms. The topological polar surface area (TPSA) is 69.7 Å². The number of nitrogens with one attached hydrogen (secondary N) is 1. The molecule has 1 aromatic carbocycles. The average Bonchev–Trinajstić information content (AvgIpc) is 2.97. The van der Waals surface area contributed by atoms with Crippen LogP contribution in [0.3, 0.4) is 0 Å². The zero-order valence-electron chi connectivity index (χ0n) is 17.7. The van der Waals surface area contributed by atoms with Crippen LogP contribution < -0.4 is 10.2 Å². The lowest BCUT2D eigenvalue weighted by molar-refractivity contribution is -0.126. The number of urea groups is 1. The Bertz CT molecular complexity index is 880. The first-order chi connectivity index (χ1) is 13.8. The first kappa shape index (κ1) is 21.4. The van der Waals surface area contributed by atoms with Crippen LogP contribution in [0.5, 0.6) is 0 Å². The summed E-state index contributed by atoms with van der Waals surface area (Å²) < 4.78 is 0. The number of unbranched alkanes of at least 4 members (excludes halogenated alkanes) is 1. The standard InChI is InChI=1S/C22H29N3O3S/c1-6-7-10-23-18(26)12-24-21-19(15(4)16(5)29-21)20(27)25(22(24)28)17-9-8-13(2)14(3)11-17/h8-9,11,19,21H,6-7,10,12H2,1-5H3,(H,23,26). The van der Waals surface area contributed by atoms with Gasteiger partial charge in [0.15, 0.2) is 0 Å². The molecule has 2 aliphatic heterocycles. The van der Waals surface area contributed by atoms with Crippen LogP contribution in [0.15, 0.2) is 28.7 Å². The molecule has 0 spiro atoms. The summed E-state index contributed by atoms with van der Waals surface area (Å²) in [5.74, 6) is -0.835. The van der Waals surface area contributed by atoms with E-state index in [9.17, 15) is 14.4 Å². The zero-order valence-corrected chi connectivity index (χ0v) is 18.6. The third-order valence-electron chi connectivity index (χ3n) is 5.75. The van der Waals surface area contributed by atoms with Crippen molar-refractivity contribution < 1.29 is 14.4 Å². The number of aryl methyl sites for hydroxylation is 2. The predicted molar refractivity (Wildman–Crippen MR) is 117 cm³/mol. The van der Waals surface area contributed by atoms with E-state index in [-0.39, 0.29) is 23.7 Å². The number of allylic oxidation sites excluding steroid dienone is 1. The van der Waals surface area contributed by atoms with Crippen LogP contribution in [0, 0.1) is 19.8 Å². The number of fused-ring (bicyclic) bond motifs is 1. The van der Waals surface area contributed by atoms with E-state index in [1.54, 1.807) is 11.0 Å². The van der Waals surface area contributed by atoms with Crippen molar-refractivity contribution in [2.75, 3.05) is 18.0 Å². The van der Waals surface area contributed by atoms with Gasteiger partial charge in [0.1, 0.15) is 6.54 Å². The number of rotatable bonds is 6. The molecule has 156 valence electrons. The van der Waals surface area contributed by atoms with Crippen molar-refractivity contribution in [3.05, 3.63) is 39.8 Å². The summed E-state index contributed by atoms with van der Waals surface area (Å²) in [5.41, 5.74) is 3.64. The van der Waals surface area contributed by atoms with Crippen LogP contribution in [-0.2, 0) is 9.59 Å². The number of carbonyl (C=O) groups is 3. The molecule has 1 aromatic rings. The molecule has 1 saturated heterocycles. The molecular formula is C22H29N3O3S. The fraction of sp³-hybridized carbons (Fsp3) is 0.500. The number of imide groups is 1. The average molecular weight is 416 g/mol. The fourth-order valence-corrected chi connectivity index (χ4v) is 5.10. The van der Waals surface area contributed by atoms with Crippen LogP contribution in [-0.4, -0.2) is 41.2 Å². The normalized spacial score (nSPS) is 21.7. The molecule has 0 aliphatic carbocycles. The number of carbonyl (C=O) groups excluding carboxylic acids is 3. The van der Waals surface area contributed by atoms with Crippen LogP contribution in [0.2, 0.25) is 0 Å². The van der Waals surface area contributed by atoms with Crippen molar-refractivity contribution in [1.82, 2.24) is 10.2 Å². The highest BCUT2D eigenvalue weighted by atomic mass is 32.2. The van der Waals surface area contributed by atoms with Gasteiger partial charge < -0.3 is 10.2 Å². The van der Waals surface area contributed by atoms with E-state index in [1.165, 1.54) is 16.7 Å². The summed E-state index contributed by atoms with van der Waals surface area (Å²) in [6, 6.07) is 5.14. The molecule has 2 heterocycles. The lowest BCUT2D eigenvalue weighted by atomic mass is 9.95. The summed E-state index contributed by atoms with van der Waals surface area (Å²) >= 11 is 1.50. The van der Waals surface area contributed by atoms with Gasteiger partial charge in [-0.15, -0.1) is 11.8 Å². The quantitative estimate of drug-likeness (QED) is 0.714. The molecule has 4 amide bonds. The Hall–Kier alpha value is -2.28. The van der Waals surface area contributed by atoms with Gasteiger partial charge in [-0.1, -0.05) is 19.4 Å². The van der Waals surface area contributed by atoms with Crippen LogP contribution in [0.1, 0.15) is 44.7 Å². The van der Waals surface area contributed by atoms with Crippen molar-refractivity contribution in [3.63, 3.8) is 0 Å². The van der Waals surface area contributed by atoms with E-state index in [0.717, 1.165) is 34.4 Å². The summed E-state index contributed by atoms with van der Waals surface area (Å²) in [5, 5.41) is 2.51. The molecule has 7 heteroatoms. The van der Waals surface area contributed by atoms with Crippen LogP contribution >= 0.6 is 11.8 Å². The maximum atomic E-state index is 13.4. The lowest BCUT2D eigenvalue weighted by Crippen LogP contribution is -2.62. The smallest absolute Gasteiger partial charge is 0.332 e. The molecule has 6 nitrogen and oxygen atoms in total. The summed E-state index contributed by atoms with van der Waals surface area (Å²) in [6.45, 7) is 10.5. The third-order valence-corrected chi connectivity index (χ3v) is 7.19. The number of thioether (sulfide) groups is 1. The molecule has 0 aromatic heterocycles. The minimum atomic E-state index is -0.430. The predicted octanol–water partition coefficient (Wildman–Crippen LogP) is 3.97. The molecule has 1 N–H and O–H groups in total. The first-order valence-electron chi connectivity index (χ1n) is 10.1. The molecule has 2 aliphatic rings. The maximum Gasteiger partial charge on any atom is 0.332 e. The number of nitrogens with zero attached hydrogens (tertiary/aromatic N) is 2. The number of anilines is 1. The molecule has 2 unspecified atom stereocenters. The molecule has 0 radical (unpaired) electrons. The SMILES string of the molecule is CCCCNC(=O)CN1C(=O)N(c2ccc(C)c(C)c2)C(=O)C2C(C)=C(C)SC21. The summed E-state index contributed by atoms with van der Waals surface area (Å²) in [7, 11) is 0. The maximum absolute atomic E-state index is 13.4. The van der Waals surface area contributed by atoms with Crippen molar-refractivity contribution in [2.24, 2.45) is 5.92 Å². The Morgan fingerprint density at radius 1 is 1.14 bits per heavy atom. The van der Waals surface area contributed by atoms with Gasteiger partial charge >= 0.3 is 6.03 Å². The molecule has 1 fully saturated rings. The second-order valence-corrected chi connectivity index (χ2v) is 9.11. The Kier molecular flexibility index (Phi) is 6.36. The van der Waals surface area contributed by atoms with Gasteiger partial charge in [0.25, 0.3) is 0 Å². The Labute approximate surface area is 176 Å². The van der Waals surface area contributed by atoms with E-state index in [2.05, 4.69) is 12.2 Å². The largest absolute Gasteiger partial charge is 0.355 e. The van der Waals surface area contributed by atoms with Gasteiger partial charge in [-0.05, 0) is 67.9 Å². The van der Waals surface area contributed by atoms with Gasteiger partial charge in [0, 0.05) is 6.54 Å². The van der Waals surface area contributed by atoms with Gasteiger partial charge in [-0.2, -0.15) is 0 Å². The molecule has 2 atom stereocenters. The minimum absolute atomic E-state index is 0.0497. The van der Waals surface area contributed by atoms with Crippen molar-refractivity contribution in [2.45, 2.75) is 52.8 Å². The fourth-order valence-electron chi connectivity index (χ4n) is 3.67. The number of amides is 4. The Morgan fingerprint density at radius 2 is 1.86 bits per heavy atom. The van der Waals surface area contributed by atoms with Gasteiger partial charge in [-0.25, -0.2) is 9.69 Å². The van der Waals surface area contributed by atoms with Gasteiger partial charge in [-0.3, -0.25) is 9.59 Å². The lowest BCUT2D eigenvalue weighted by Gasteiger charge is -2.41. The van der Waals surface area contributed by atoms with E-state index in [4.69, 9.17) is 0 Å². The minimum Gasteiger partial charge on any atom is -0.355 e. The summed E-state index contributed by atoms with van der Waals surface area (Å²) in [4.78, 5) is 43.0. The highest BCUT2D eigenvalue weighted by Gasteiger charge is 2.51. The number of hydrogen-bond donors (Lipinski definition) is 1. The Morgan fingerprint density at radius 3 is 2.52 bits per heavy atom. The number of benzene rings is 1. The summed E-state index contributed by atoms with van der Waals surface area (Å²) in [6.07, 6.45) is 1.88. The van der Waals surface area contributed by atoms with E-state index >= 15 is 0 Å². The highest BCUT2D eigenvalue weighted by molar-refractivity contribution is 8.03. The van der Waals surface area contributed by atoms with E-state index in [0.29, 0.717) is 12.2 Å². The number of hydrogen-bond acceptors (Lipinski definition) is 4.